The highest BCUT2D eigenvalue weighted by Gasteiger charge is 2.53. The number of nitrogens with one attached hydrogen (secondary N) is 1. The minimum atomic E-state index is -0.592. The van der Waals surface area contributed by atoms with E-state index in [0.29, 0.717) is 41.0 Å². The van der Waals surface area contributed by atoms with Crippen molar-refractivity contribution in [3.05, 3.63) is 82.2 Å². The number of benzene rings is 2. The standard InChI is InChI=1S/C40H42N8O2/c1-21-12-15-47(21)38-42-32(30-23-9-10-26(17-23)33(30)43-38)25-6-4-8-28(19-25)37(50)46-40-14-11-29(20-40)31-34(24-5-3-7-27(18-24)36(41)49)44-39(45-35(31)40)48-16-13-22(48)2/h3-8,18-19,21-23,26,29H,9-17,20H2,1-2H3,(H2,41,49)(H,46,50)/t21-,22-,23+,26-,29-,40-/m0/s1. The monoisotopic (exact) mass is 666 g/mol. The Hall–Kier alpha value is -4.86. The lowest BCUT2D eigenvalue weighted by Crippen LogP contribution is -2.48. The Morgan fingerprint density at radius 3 is 2.06 bits per heavy atom. The van der Waals surface area contributed by atoms with Crippen LogP contribution in [0.5, 0.6) is 0 Å². The molecule has 2 amide bonds. The van der Waals surface area contributed by atoms with Gasteiger partial charge in [-0.25, -0.2) is 19.9 Å². The van der Waals surface area contributed by atoms with E-state index in [0.717, 1.165) is 91.3 Å². The zero-order valence-corrected chi connectivity index (χ0v) is 28.7. The van der Waals surface area contributed by atoms with Gasteiger partial charge in [0.1, 0.15) is 0 Å². The average Bonchev–Trinajstić information content (AvgIpc) is 3.91. The maximum Gasteiger partial charge on any atom is 0.252 e. The Bertz CT molecular complexity index is 2120. The summed E-state index contributed by atoms with van der Waals surface area (Å²) in [5.74, 6) is 2.19. The van der Waals surface area contributed by atoms with Gasteiger partial charge in [0.05, 0.1) is 28.3 Å². The third kappa shape index (κ3) is 4.39. The predicted molar refractivity (Wildman–Crippen MR) is 191 cm³/mol. The Labute approximate surface area is 291 Å². The third-order valence-electron chi connectivity index (χ3n) is 12.8. The molecule has 4 bridgehead atoms. The molecule has 0 radical (unpaired) electrons. The minimum Gasteiger partial charge on any atom is -0.366 e. The zero-order chi connectivity index (χ0) is 33.9. The molecule has 4 heterocycles. The lowest BCUT2D eigenvalue weighted by Gasteiger charge is -2.40. The van der Waals surface area contributed by atoms with Gasteiger partial charge in [0.25, 0.3) is 5.91 Å². The number of amides is 2. The average molecular weight is 667 g/mol. The van der Waals surface area contributed by atoms with Gasteiger partial charge in [0, 0.05) is 64.5 Å². The molecule has 6 aliphatic rings. The van der Waals surface area contributed by atoms with Crippen molar-refractivity contribution in [2.45, 2.75) is 101 Å². The molecule has 4 aliphatic carbocycles. The Balaban J connectivity index is 1.02. The summed E-state index contributed by atoms with van der Waals surface area (Å²) < 4.78 is 0. The fourth-order valence-electron chi connectivity index (χ4n) is 9.81. The molecule has 10 nitrogen and oxygen atoms in total. The quantitative estimate of drug-likeness (QED) is 0.240. The number of hydrogen-bond acceptors (Lipinski definition) is 8. The van der Waals surface area contributed by atoms with E-state index in [2.05, 4.69) is 35.0 Å². The van der Waals surface area contributed by atoms with E-state index in [1.54, 1.807) is 6.07 Å². The van der Waals surface area contributed by atoms with Crippen molar-refractivity contribution >= 4 is 23.7 Å². The summed E-state index contributed by atoms with van der Waals surface area (Å²) in [6, 6.07) is 16.2. The molecule has 50 heavy (non-hydrogen) atoms. The van der Waals surface area contributed by atoms with Gasteiger partial charge in [-0.2, -0.15) is 0 Å². The van der Waals surface area contributed by atoms with Crippen LogP contribution >= 0.6 is 0 Å². The summed E-state index contributed by atoms with van der Waals surface area (Å²) in [6.45, 7) is 6.31. The first-order chi connectivity index (χ1) is 24.3. The van der Waals surface area contributed by atoms with E-state index in [1.807, 2.05) is 36.4 Å². The first-order valence-electron chi connectivity index (χ1n) is 18.5. The number of carbonyl (C=O) groups is 2. The van der Waals surface area contributed by atoms with Crippen molar-refractivity contribution in [2.24, 2.45) is 5.73 Å². The van der Waals surface area contributed by atoms with Crippen LogP contribution in [-0.2, 0) is 5.54 Å². The van der Waals surface area contributed by atoms with E-state index in [1.165, 1.54) is 24.1 Å². The van der Waals surface area contributed by atoms with Gasteiger partial charge in [-0.15, -0.1) is 0 Å². The Kier molecular flexibility index (Phi) is 6.49. The van der Waals surface area contributed by atoms with Gasteiger partial charge >= 0.3 is 0 Å². The van der Waals surface area contributed by atoms with Gasteiger partial charge < -0.3 is 20.9 Å². The third-order valence-corrected chi connectivity index (χ3v) is 12.8. The van der Waals surface area contributed by atoms with Gasteiger partial charge in [-0.1, -0.05) is 24.3 Å². The van der Waals surface area contributed by atoms with Crippen LogP contribution in [-0.4, -0.2) is 56.9 Å². The second-order valence-electron chi connectivity index (χ2n) is 15.7. The van der Waals surface area contributed by atoms with E-state index in [4.69, 9.17) is 25.7 Å². The molecule has 2 aromatic carbocycles. The van der Waals surface area contributed by atoms with Crippen LogP contribution in [0.15, 0.2) is 48.5 Å². The van der Waals surface area contributed by atoms with Crippen LogP contribution in [0, 0.1) is 0 Å². The molecule has 4 aromatic rings. The van der Waals surface area contributed by atoms with Gasteiger partial charge in [0.15, 0.2) is 0 Å². The summed E-state index contributed by atoms with van der Waals surface area (Å²) >= 11 is 0. The highest BCUT2D eigenvalue weighted by molar-refractivity contribution is 5.97. The lowest BCUT2D eigenvalue weighted by atomic mass is 9.88. The number of fused-ring (bicyclic) bond motifs is 10. The fraction of sp³-hybridized carbons (Fsp3) is 0.450. The minimum absolute atomic E-state index is 0.0982. The van der Waals surface area contributed by atoms with Crippen molar-refractivity contribution in [3.63, 3.8) is 0 Å². The van der Waals surface area contributed by atoms with Crippen molar-refractivity contribution < 1.29 is 9.59 Å². The molecule has 2 aromatic heterocycles. The second-order valence-corrected chi connectivity index (χ2v) is 15.7. The highest BCUT2D eigenvalue weighted by Crippen LogP contribution is 2.58. The van der Waals surface area contributed by atoms with Crippen molar-refractivity contribution in [3.8, 4) is 22.5 Å². The molecule has 2 saturated carbocycles. The SMILES string of the molecule is C[C@H]1CCN1c1nc(-c2cccc(C(=O)N[C@@]34CC[C@@H](C3)c3c(-c5cccc(C(N)=O)c5)nc(N5CC[C@@H]5C)nc34)c2)c2c(n1)[C@H]1CC[C@@H]2C1. The molecule has 10 rings (SSSR count). The molecular weight excluding hydrogens is 624 g/mol. The first-order valence-corrected chi connectivity index (χ1v) is 18.5. The maximum absolute atomic E-state index is 14.4. The van der Waals surface area contributed by atoms with Gasteiger partial charge in [-0.3, -0.25) is 9.59 Å². The molecule has 254 valence electrons. The van der Waals surface area contributed by atoms with Crippen LogP contribution in [0.3, 0.4) is 0 Å². The number of carbonyl (C=O) groups excluding carboxylic acids is 2. The number of nitrogens with two attached hydrogens (primary N) is 1. The smallest absolute Gasteiger partial charge is 0.252 e. The normalized spacial score (nSPS) is 28.2. The highest BCUT2D eigenvalue weighted by atomic mass is 16.2. The van der Waals surface area contributed by atoms with E-state index >= 15 is 0 Å². The molecule has 0 unspecified atom stereocenters. The number of rotatable bonds is 7. The molecule has 4 fully saturated rings. The molecule has 0 spiro atoms. The van der Waals surface area contributed by atoms with Crippen LogP contribution in [0.4, 0.5) is 11.9 Å². The topological polar surface area (TPSA) is 130 Å². The number of hydrogen-bond donors (Lipinski definition) is 2. The summed E-state index contributed by atoms with van der Waals surface area (Å²) in [6.07, 6.45) is 8.34. The summed E-state index contributed by atoms with van der Waals surface area (Å²) in [5.41, 5.74) is 14.4. The van der Waals surface area contributed by atoms with Crippen molar-refractivity contribution in [2.75, 3.05) is 22.9 Å². The largest absolute Gasteiger partial charge is 0.366 e. The fourth-order valence-corrected chi connectivity index (χ4v) is 9.81. The van der Waals surface area contributed by atoms with Gasteiger partial charge in [0.2, 0.25) is 17.8 Å². The maximum atomic E-state index is 14.4. The van der Waals surface area contributed by atoms with E-state index < -0.39 is 11.4 Å². The number of anilines is 2. The molecular formula is C40H42N8O2. The Morgan fingerprint density at radius 1 is 0.760 bits per heavy atom. The summed E-state index contributed by atoms with van der Waals surface area (Å²) in [7, 11) is 0. The molecule has 3 N–H and O–H groups in total. The molecule has 10 heteroatoms. The number of aromatic nitrogens is 4. The predicted octanol–water partition coefficient (Wildman–Crippen LogP) is 6.17. The van der Waals surface area contributed by atoms with Crippen LogP contribution in [0.25, 0.3) is 22.5 Å². The summed E-state index contributed by atoms with van der Waals surface area (Å²) in [4.78, 5) is 51.8. The van der Waals surface area contributed by atoms with E-state index in [-0.39, 0.29) is 11.8 Å². The van der Waals surface area contributed by atoms with Crippen molar-refractivity contribution in [1.29, 1.82) is 0 Å². The number of nitrogens with zero attached hydrogens (tertiary/aromatic N) is 6. The molecule has 2 aliphatic heterocycles. The van der Waals surface area contributed by atoms with Crippen LogP contribution < -0.4 is 20.9 Å². The first kappa shape index (κ1) is 30.0. The molecule has 2 saturated heterocycles. The van der Waals surface area contributed by atoms with E-state index in [9.17, 15) is 9.59 Å². The van der Waals surface area contributed by atoms with Crippen molar-refractivity contribution in [1.82, 2.24) is 25.3 Å². The lowest BCUT2D eigenvalue weighted by molar-refractivity contribution is 0.0898. The van der Waals surface area contributed by atoms with Crippen LogP contribution in [0.2, 0.25) is 0 Å². The van der Waals surface area contributed by atoms with Gasteiger partial charge in [-0.05, 0) is 101 Å². The summed E-state index contributed by atoms with van der Waals surface area (Å²) in [5, 5.41) is 3.53. The van der Waals surface area contributed by atoms with Crippen LogP contribution in [0.1, 0.15) is 126 Å². The zero-order valence-electron chi connectivity index (χ0n) is 28.7. The second kappa shape index (κ2) is 10.8. The Morgan fingerprint density at radius 2 is 1.40 bits per heavy atom. The molecule has 6 atom stereocenters. The number of primary amides is 1.